The lowest BCUT2D eigenvalue weighted by molar-refractivity contribution is 0.769. The summed E-state index contributed by atoms with van der Waals surface area (Å²) in [5, 5.41) is 3.32. The summed E-state index contributed by atoms with van der Waals surface area (Å²) in [7, 11) is 1.96. The van der Waals surface area contributed by atoms with Gasteiger partial charge in [-0.05, 0) is 86.0 Å². The van der Waals surface area contributed by atoms with Crippen molar-refractivity contribution in [3.8, 4) is 67.5 Å². The minimum Gasteiger partial charge on any atom is -0.388 e. The topological polar surface area (TPSA) is 50.7 Å². The van der Waals surface area contributed by atoms with Gasteiger partial charge in [0.2, 0.25) is 0 Å². The van der Waals surface area contributed by atoms with Gasteiger partial charge >= 0.3 is 0 Å². The lowest BCUT2D eigenvalue weighted by atomic mass is 9.67. The fourth-order valence-electron chi connectivity index (χ4n) is 8.48. The Bertz CT molecular complexity index is 2830. The second-order valence-electron chi connectivity index (χ2n) is 14.5. The van der Waals surface area contributed by atoms with E-state index in [9.17, 15) is 0 Å². The Morgan fingerprint density at radius 3 is 1.32 bits per heavy atom. The van der Waals surface area contributed by atoms with E-state index in [4.69, 9.17) is 15.0 Å². The molecule has 0 saturated heterocycles. The first kappa shape index (κ1) is 34.1. The summed E-state index contributed by atoms with van der Waals surface area (Å²) in [5.41, 5.74) is 15.1. The van der Waals surface area contributed by atoms with Gasteiger partial charge in [-0.25, -0.2) is 15.0 Å². The molecule has 0 saturated carbocycles. The first-order valence-corrected chi connectivity index (χ1v) is 19.4. The van der Waals surface area contributed by atoms with Gasteiger partial charge < -0.3 is 5.32 Å². The molecule has 0 spiro atoms. The minimum absolute atomic E-state index is 0.609. The zero-order chi connectivity index (χ0) is 38.2. The number of anilines is 1. The maximum absolute atomic E-state index is 5.24. The smallest absolute Gasteiger partial charge is 0.164 e. The average molecular weight is 731 g/mol. The van der Waals surface area contributed by atoms with Gasteiger partial charge in [-0.15, -0.1) is 0 Å². The summed E-state index contributed by atoms with van der Waals surface area (Å²) in [4.78, 5) is 15.5. The van der Waals surface area contributed by atoms with E-state index >= 15 is 0 Å². The molecule has 270 valence electrons. The number of nitrogens with zero attached hydrogens (tertiary/aromatic N) is 3. The molecule has 4 heteroatoms. The molecule has 0 unspecified atom stereocenters. The second kappa shape index (κ2) is 14.3. The lowest BCUT2D eigenvalue weighted by Gasteiger charge is -2.34. The Hall–Kier alpha value is -7.43. The highest BCUT2D eigenvalue weighted by molar-refractivity contribution is 5.90. The normalized spacial score (nSPS) is 12.4. The molecule has 4 nitrogen and oxygen atoms in total. The van der Waals surface area contributed by atoms with Crippen LogP contribution in [0.25, 0.3) is 67.5 Å². The van der Waals surface area contributed by atoms with Gasteiger partial charge in [0.05, 0.1) is 5.41 Å². The molecule has 10 rings (SSSR count). The molecule has 0 bridgehead atoms. The van der Waals surface area contributed by atoms with Gasteiger partial charge in [-0.2, -0.15) is 0 Å². The van der Waals surface area contributed by atoms with Crippen molar-refractivity contribution in [1.29, 1.82) is 0 Å². The molecule has 57 heavy (non-hydrogen) atoms. The Morgan fingerprint density at radius 2 is 0.737 bits per heavy atom. The molecule has 0 atom stereocenters. The first-order chi connectivity index (χ1) is 28.2. The van der Waals surface area contributed by atoms with Gasteiger partial charge in [0.15, 0.2) is 17.5 Å². The molecule has 1 aromatic heterocycles. The number of rotatable bonds is 8. The largest absolute Gasteiger partial charge is 0.388 e. The van der Waals surface area contributed by atoms with Crippen LogP contribution in [-0.2, 0) is 5.41 Å². The Balaban J connectivity index is 1.20. The molecule has 1 aliphatic carbocycles. The van der Waals surface area contributed by atoms with Crippen molar-refractivity contribution >= 4 is 5.69 Å². The van der Waals surface area contributed by atoms with Gasteiger partial charge in [0.25, 0.3) is 0 Å². The van der Waals surface area contributed by atoms with Crippen LogP contribution in [0.5, 0.6) is 0 Å². The zero-order valence-corrected chi connectivity index (χ0v) is 31.5. The summed E-state index contributed by atoms with van der Waals surface area (Å²) in [6.45, 7) is 0. The number of hydrogen-bond donors (Lipinski definition) is 1. The van der Waals surface area contributed by atoms with Crippen LogP contribution in [0.1, 0.15) is 22.3 Å². The minimum atomic E-state index is -0.609. The van der Waals surface area contributed by atoms with Crippen LogP contribution in [0.4, 0.5) is 5.69 Å². The fraction of sp³-hybridized carbons (Fsp3) is 0.0377. The number of fused-ring (bicyclic) bond motifs is 3. The van der Waals surface area contributed by atoms with Crippen molar-refractivity contribution in [2.75, 3.05) is 12.4 Å². The van der Waals surface area contributed by atoms with E-state index in [1.165, 1.54) is 44.5 Å². The molecule has 0 fully saturated rings. The monoisotopic (exact) mass is 730 g/mol. The van der Waals surface area contributed by atoms with Crippen molar-refractivity contribution in [3.05, 3.63) is 229 Å². The van der Waals surface area contributed by atoms with E-state index in [0.717, 1.165) is 33.5 Å². The molecular formula is C53H38N4. The number of hydrogen-bond acceptors (Lipinski definition) is 4. The molecule has 1 heterocycles. The van der Waals surface area contributed by atoms with Crippen LogP contribution >= 0.6 is 0 Å². The summed E-state index contributed by atoms with van der Waals surface area (Å²) < 4.78 is 0. The predicted octanol–water partition coefficient (Wildman–Crippen LogP) is 12.6. The lowest BCUT2D eigenvalue weighted by Crippen LogP contribution is -2.28. The van der Waals surface area contributed by atoms with E-state index in [0.29, 0.717) is 17.5 Å². The van der Waals surface area contributed by atoms with E-state index in [1.54, 1.807) is 0 Å². The molecule has 1 N–H and O–H groups in total. The number of aromatic nitrogens is 3. The Kier molecular flexibility index (Phi) is 8.57. The highest BCUT2D eigenvalue weighted by Crippen LogP contribution is 2.57. The first-order valence-electron chi connectivity index (χ1n) is 19.4. The van der Waals surface area contributed by atoms with Crippen molar-refractivity contribution in [3.63, 3.8) is 0 Å². The van der Waals surface area contributed by atoms with Crippen LogP contribution in [0.3, 0.4) is 0 Å². The number of benzene rings is 8. The second-order valence-corrected chi connectivity index (χ2v) is 14.5. The van der Waals surface area contributed by atoms with Crippen LogP contribution in [0, 0.1) is 0 Å². The molecule has 1 aliphatic rings. The highest BCUT2D eigenvalue weighted by Gasteiger charge is 2.46. The summed E-state index contributed by atoms with van der Waals surface area (Å²) in [5.74, 6) is 1.89. The van der Waals surface area contributed by atoms with Crippen molar-refractivity contribution in [2.24, 2.45) is 0 Å². The van der Waals surface area contributed by atoms with Crippen LogP contribution in [0.2, 0.25) is 0 Å². The van der Waals surface area contributed by atoms with Crippen LogP contribution in [-0.4, -0.2) is 22.0 Å². The van der Waals surface area contributed by atoms with Crippen molar-refractivity contribution in [2.45, 2.75) is 5.41 Å². The molecule has 8 aromatic carbocycles. The van der Waals surface area contributed by atoms with Gasteiger partial charge in [0, 0.05) is 29.4 Å². The van der Waals surface area contributed by atoms with E-state index in [-0.39, 0.29) is 0 Å². The maximum atomic E-state index is 5.24. The summed E-state index contributed by atoms with van der Waals surface area (Å²) in [6, 6.07) is 73.3. The molecule has 0 aliphatic heterocycles. The summed E-state index contributed by atoms with van der Waals surface area (Å²) >= 11 is 0. The molecule has 0 amide bonds. The SMILES string of the molecule is CNc1cccc(-c2ccc3c(c2)C(c2ccccc2)(c2ccccc2)c2cc(-c4nc(-c5ccccc5)nc(-c5cccc(-c6ccccc6)c5)n4)ccc2-3)c1. The molecular weight excluding hydrogens is 693 g/mol. The molecule has 9 aromatic rings. The average Bonchev–Trinajstić information content (AvgIpc) is 3.60. The van der Waals surface area contributed by atoms with Gasteiger partial charge in [-0.1, -0.05) is 176 Å². The quantitative estimate of drug-likeness (QED) is 0.169. The Labute approximate surface area is 333 Å². The van der Waals surface area contributed by atoms with Crippen LogP contribution < -0.4 is 5.32 Å². The zero-order valence-electron chi connectivity index (χ0n) is 31.5. The molecule has 0 radical (unpaired) electrons. The van der Waals surface area contributed by atoms with Gasteiger partial charge in [0.1, 0.15) is 0 Å². The highest BCUT2D eigenvalue weighted by atomic mass is 15.0. The van der Waals surface area contributed by atoms with E-state index in [1.807, 2.05) is 31.3 Å². The predicted molar refractivity (Wildman–Crippen MR) is 234 cm³/mol. The summed E-state index contributed by atoms with van der Waals surface area (Å²) in [6.07, 6.45) is 0. The maximum Gasteiger partial charge on any atom is 0.164 e. The van der Waals surface area contributed by atoms with Crippen LogP contribution in [0.15, 0.2) is 206 Å². The van der Waals surface area contributed by atoms with Crippen molar-refractivity contribution < 1.29 is 0 Å². The third kappa shape index (κ3) is 5.99. The standard InChI is InChI=1S/C53H38N4/c1-54-45-27-15-21-39(33-45)40-28-30-46-47-31-29-42(35-49(47)53(48(46)34-40,43-23-10-4-11-24-43)44-25-12-5-13-26-44)52-56-50(37-18-8-3-9-19-37)55-51(57-52)41-22-14-20-38(32-41)36-16-6-2-7-17-36/h2-35,54H,1H3. The third-order valence-electron chi connectivity index (χ3n) is 11.2. The number of nitrogens with one attached hydrogen (secondary N) is 1. The fourth-order valence-corrected chi connectivity index (χ4v) is 8.48. The van der Waals surface area contributed by atoms with Gasteiger partial charge in [-0.3, -0.25) is 0 Å². The third-order valence-corrected chi connectivity index (χ3v) is 11.2. The van der Waals surface area contributed by atoms with Crippen molar-refractivity contribution in [1.82, 2.24) is 15.0 Å². The van der Waals surface area contributed by atoms with E-state index < -0.39 is 5.41 Å². The van der Waals surface area contributed by atoms with E-state index in [2.05, 4.69) is 187 Å². The Morgan fingerprint density at radius 1 is 0.333 bits per heavy atom.